The fourth-order valence-electron chi connectivity index (χ4n) is 3.75. The van der Waals surface area contributed by atoms with Gasteiger partial charge >= 0.3 is 0 Å². The molecule has 1 N–H and O–H groups in total. The second-order valence-corrected chi connectivity index (χ2v) is 9.70. The number of carbonyl (C=O) groups excluding carboxylic acids is 1. The Balaban J connectivity index is 1.35. The minimum absolute atomic E-state index is 0.0139. The van der Waals surface area contributed by atoms with Crippen LogP contribution in [0.3, 0.4) is 0 Å². The number of para-hydroxylation sites is 1. The van der Waals surface area contributed by atoms with Crippen LogP contribution in [0.4, 0.5) is 0 Å². The molecule has 164 valence electrons. The van der Waals surface area contributed by atoms with Gasteiger partial charge in [0.05, 0.1) is 7.11 Å². The first-order valence-corrected chi connectivity index (χ1v) is 11.8. The van der Waals surface area contributed by atoms with E-state index in [2.05, 4.69) is 4.72 Å². The van der Waals surface area contributed by atoms with Gasteiger partial charge in [-0.15, -0.1) is 0 Å². The monoisotopic (exact) mass is 462 g/mol. The third-order valence-electron chi connectivity index (χ3n) is 5.52. The van der Waals surface area contributed by atoms with E-state index in [9.17, 15) is 13.2 Å². The topological polar surface area (TPSA) is 88.9 Å². The summed E-state index contributed by atoms with van der Waals surface area (Å²) in [5.74, 6) is 0.551. The Labute approximate surface area is 186 Å². The number of likely N-dealkylation sites (tertiary alicyclic amines) is 1. The number of methoxy groups -OCH3 is 1. The van der Waals surface area contributed by atoms with Crippen molar-refractivity contribution < 1.29 is 22.4 Å². The van der Waals surface area contributed by atoms with Gasteiger partial charge in [-0.25, -0.2) is 13.1 Å². The van der Waals surface area contributed by atoms with E-state index in [1.165, 1.54) is 19.2 Å². The third kappa shape index (κ3) is 4.71. The Morgan fingerprint density at radius 2 is 1.94 bits per heavy atom. The number of nitrogens with one attached hydrogen (secondary N) is 1. The molecule has 0 spiro atoms. The van der Waals surface area contributed by atoms with Gasteiger partial charge in [0, 0.05) is 30.0 Å². The molecule has 7 nitrogen and oxygen atoms in total. The Bertz CT molecular complexity index is 1170. The van der Waals surface area contributed by atoms with Crippen LogP contribution >= 0.6 is 11.6 Å². The zero-order valence-electron chi connectivity index (χ0n) is 17.0. The normalized spacial score (nSPS) is 15.4. The molecule has 1 amide bonds. The first kappa shape index (κ1) is 21.7. The molecular weight excluding hydrogens is 440 g/mol. The first-order valence-electron chi connectivity index (χ1n) is 9.98. The number of carbonyl (C=O) groups is 1. The van der Waals surface area contributed by atoms with Gasteiger partial charge in [-0.2, -0.15) is 0 Å². The number of piperidine rings is 1. The van der Waals surface area contributed by atoms with E-state index in [0.717, 1.165) is 5.39 Å². The third-order valence-corrected chi connectivity index (χ3v) is 7.20. The average molecular weight is 463 g/mol. The lowest BCUT2D eigenvalue weighted by Crippen LogP contribution is -2.41. The van der Waals surface area contributed by atoms with Crippen LogP contribution in [-0.4, -0.2) is 46.0 Å². The van der Waals surface area contributed by atoms with Gasteiger partial charge in [0.25, 0.3) is 5.91 Å². The molecule has 0 atom stereocenters. The quantitative estimate of drug-likeness (QED) is 0.599. The highest BCUT2D eigenvalue weighted by Gasteiger charge is 2.27. The van der Waals surface area contributed by atoms with Crippen molar-refractivity contribution in [3.8, 4) is 5.75 Å². The van der Waals surface area contributed by atoms with Crippen LogP contribution in [-0.2, 0) is 10.0 Å². The SMILES string of the molecule is COc1ccc(Cl)cc1S(=O)(=O)NCC1CCN(C(=O)c2cc3ccccc3o2)CC1. The molecule has 1 aromatic heterocycles. The van der Waals surface area contributed by atoms with E-state index in [1.54, 1.807) is 17.0 Å². The molecule has 0 saturated carbocycles. The van der Waals surface area contributed by atoms with Crippen molar-refractivity contribution >= 4 is 38.5 Å². The molecule has 2 aromatic carbocycles. The van der Waals surface area contributed by atoms with Crippen LogP contribution in [0.15, 0.2) is 57.8 Å². The number of hydrogen-bond acceptors (Lipinski definition) is 5. The highest BCUT2D eigenvalue weighted by molar-refractivity contribution is 7.89. The van der Waals surface area contributed by atoms with E-state index < -0.39 is 10.0 Å². The van der Waals surface area contributed by atoms with Crippen LogP contribution in [0.25, 0.3) is 11.0 Å². The summed E-state index contributed by atoms with van der Waals surface area (Å²) in [6, 6.07) is 13.7. The van der Waals surface area contributed by atoms with Crippen LogP contribution in [0.5, 0.6) is 5.75 Å². The van der Waals surface area contributed by atoms with Crippen LogP contribution < -0.4 is 9.46 Å². The number of hydrogen-bond donors (Lipinski definition) is 1. The maximum absolute atomic E-state index is 12.8. The Hall–Kier alpha value is -2.55. The summed E-state index contributed by atoms with van der Waals surface area (Å²) >= 11 is 5.96. The molecule has 1 saturated heterocycles. The minimum Gasteiger partial charge on any atom is -0.495 e. The molecule has 1 aliphatic rings. The summed E-state index contributed by atoms with van der Waals surface area (Å²) in [6.07, 6.45) is 1.39. The first-order chi connectivity index (χ1) is 14.9. The van der Waals surface area contributed by atoms with E-state index in [1.807, 2.05) is 24.3 Å². The smallest absolute Gasteiger partial charge is 0.289 e. The molecule has 0 unspecified atom stereocenters. The zero-order chi connectivity index (χ0) is 22.0. The second-order valence-electron chi connectivity index (χ2n) is 7.53. The van der Waals surface area contributed by atoms with Gasteiger partial charge in [-0.3, -0.25) is 4.79 Å². The summed E-state index contributed by atoms with van der Waals surface area (Å²) in [5.41, 5.74) is 0.687. The number of rotatable bonds is 6. The molecule has 3 aromatic rings. The lowest BCUT2D eigenvalue weighted by molar-refractivity contribution is 0.0662. The Morgan fingerprint density at radius 1 is 1.19 bits per heavy atom. The lowest BCUT2D eigenvalue weighted by atomic mass is 9.97. The molecule has 0 aliphatic carbocycles. The van der Waals surface area contributed by atoms with E-state index in [4.69, 9.17) is 20.8 Å². The number of amides is 1. The largest absolute Gasteiger partial charge is 0.495 e. The number of fused-ring (bicyclic) bond motifs is 1. The molecule has 9 heteroatoms. The van der Waals surface area contributed by atoms with Crippen molar-refractivity contribution in [2.24, 2.45) is 5.92 Å². The number of nitrogens with zero attached hydrogens (tertiary/aromatic N) is 1. The number of sulfonamides is 1. The lowest BCUT2D eigenvalue weighted by Gasteiger charge is -2.31. The van der Waals surface area contributed by atoms with Gasteiger partial charge in [-0.05, 0) is 49.1 Å². The van der Waals surface area contributed by atoms with E-state index >= 15 is 0 Å². The molecule has 1 fully saturated rings. The highest BCUT2D eigenvalue weighted by Crippen LogP contribution is 2.28. The predicted molar refractivity (Wildman–Crippen MR) is 118 cm³/mol. The van der Waals surface area contributed by atoms with Crippen molar-refractivity contribution in [2.45, 2.75) is 17.7 Å². The second kappa shape index (κ2) is 8.90. The molecule has 0 radical (unpaired) electrons. The maximum Gasteiger partial charge on any atom is 0.289 e. The van der Waals surface area contributed by atoms with Gasteiger partial charge in [0.1, 0.15) is 16.2 Å². The molecule has 31 heavy (non-hydrogen) atoms. The molecule has 1 aliphatic heterocycles. The van der Waals surface area contributed by atoms with E-state index in [-0.39, 0.29) is 29.0 Å². The summed E-state index contributed by atoms with van der Waals surface area (Å²) in [7, 11) is -2.35. The van der Waals surface area contributed by atoms with Gasteiger partial charge in [0.15, 0.2) is 5.76 Å². The summed E-state index contributed by atoms with van der Waals surface area (Å²) in [4.78, 5) is 14.5. The number of ether oxygens (including phenoxy) is 1. The van der Waals surface area contributed by atoms with Gasteiger partial charge < -0.3 is 14.1 Å². The molecule has 4 rings (SSSR count). The maximum atomic E-state index is 12.8. The molecular formula is C22H23ClN2O5S. The van der Waals surface area contributed by atoms with Gasteiger partial charge in [0.2, 0.25) is 10.0 Å². The number of halogens is 1. The Kier molecular flexibility index (Phi) is 6.22. The van der Waals surface area contributed by atoms with Crippen LogP contribution in [0.1, 0.15) is 23.4 Å². The minimum atomic E-state index is -3.77. The van der Waals surface area contributed by atoms with Crippen molar-refractivity contribution in [1.82, 2.24) is 9.62 Å². The summed E-state index contributed by atoms with van der Waals surface area (Å²) < 4.78 is 38.9. The summed E-state index contributed by atoms with van der Waals surface area (Å²) in [5, 5.41) is 1.21. The predicted octanol–water partition coefficient (Wildman–Crippen LogP) is 3.93. The fraction of sp³-hybridized carbons (Fsp3) is 0.318. The fourth-order valence-corrected chi connectivity index (χ4v) is 5.29. The Morgan fingerprint density at radius 3 is 2.65 bits per heavy atom. The molecule has 2 heterocycles. The average Bonchev–Trinajstić information content (AvgIpc) is 3.22. The van der Waals surface area contributed by atoms with Gasteiger partial charge in [-0.1, -0.05) is 29.8 Å². The van der Waals surface area contributed by atoms with Crippen molar-refractivity contribution in [2.75, 3.05) is 26.7 Å². The molecule has 0 bridgehead atoms. The number of furan rings is 1. The van der Waals surface area contributed by atoms with E-state index in [0.29, 0.717) is 42.3 Å². The van der Waals surface area contributed by atoms with Crippen molar-refractivity contribution in [1.29, 1.82) is 0 Å². The van der Waals surface area contributed by atoms with Crippen molar-refractivity contribution in [3.05, 3.63) is 59.3 Å². The summed E-state index contributed by atoms with van der Waals surface area (Å²) in [6.45, 7) is 1.37. The zero-order valence-corrected chi connectivity index (χ0v) is 18.6. The number of benzene rings is 2. The van der Waals surface area contributed by atoms with Crippen LogP contribution in [0.2, 0.25) is 5.02 Å². The standard InChI is InChI=1S/C22H23ClN2O5S/c1-29-19-7-6-17(23)13-21(19)31(27,28)24-14-15-8-10-25(11-9-15)22(26)20-12-16-4-2-3-5-18(16)30-20/h2-7,12-13,15,24H,8-11,14H2,1H3. The highest BCUT2D eigenvalue weighted by atomic mass is 35.5. The van der Waals surface area contributed by atoms with Crippen LogP contribution in [0, 0.1) is 5.92 Å². The van der Waals surface area contributed by atoms with Crippen molar-refractivity contribution in [3.63, 3.8) is 0 Å².